The van der Waals surface area contributed by atoms with Crippen LogP contribution in [0.4, 0.5) is 0 Å². The fourth-order valence-electron chi connectivity index (χ4n) is 2.16. The minimum absolute atomic E-state index is 0.658. The van der Waals surface area contributed by atoms with Gasteiger partial charge < -0.3 is 5.32 Å². The Morgan fingerprint density at radius 3 is 3.00 bits per heavy atom. The zero-order valence-corrected chi connectivity index (χ0v) is 13.1. The predicted molar refractivity (Wildman–Crippen MR) is 85.3 cm³/mol. The molecule has 6 heteroatoms. The Kier molecular flexibility index (Phi) is 4.26. The van der Waals surface area contributed by atoms with E-state index in [0.29, 0.717) is 12.5 Å². The zero-order chi connectivity index (χ0) is 14.7. The summed E-state index contributed by atoms with van der Waals surface area (Å²) in [4.78, 5) is 4.66. The number of fused-ring (bicyclic) bond motifs is 1. The first-order valence-electron chi connectivity index (χ1n) is 7.14. The van der Waals surface area contributed by atoms with Gasteiger partial charge in [-0.15, -0.1) is 16.4 Å². The van der Waals surface area contributed by atoms with Gasteiger partial charge in [-0.05, 0) is 24.6 Å². The molecule has 3 aromatic rings. The number of nitrogens with one attached hydrogen (secondary N) is 1. The molecule has 0 atom stereocenters. The molecule has 1 N–H and O–H groups in total. The summed E-state index contributed by atoms with van der Waals surface area (Å²) in [6, 6.07) is 7.99. The topological polar surface area (TPSA) is 55.6 Å². The molecule has 0 saturated carbocycles. The van der Waals surface area contributed by atoms with E-state index >= 15 is 0 Å². The van der Waals surface area contributed by atoms with Gasteiger partial charge >= 0.3 is 0 Å². The van der Waals surface area contributed by atoms with Gasteiger partial charge in [0, 0.05) is 11.9 Å². The van der Waals surface area contributed by atoms with Gasteiger partial charge in [-0.1, -0.05) is 31.2 Å². The van der Waals surface area contributed by atoms with E-state index in [-0.39, 0.29) is 0 Å². The number of para-hydroxylation sites is 1. The van der Waals surface area contributed by atoms with Crippen LogP contribution in [0, 0.1) is 5.92 Å². The van der Waals surface area contributed by atoms with Crippen LogP contribution in [0.15, 0.2) is 29.6 Å². The lowest BCUT2D eigenvalue weighted by Gasteiger charge is -2.04. The SMILES string of the molecule is CC(C)CNCc1nc(Cn2nnc3ccccc32)cs1. The van der Waals surface area contributed by atoms with Crippen LogP contribution < -0.4 is 5.32 Å². The van der Waals surface area contributed by atoms with Crippen LogP contribution >= 0.6 is 11.3 Å². The smallest absolute Gasteiger partial charge is 0.113 e. The number of nitrogens with zero attached hydrogens (tertiary/aromatic N) is 4. The second-order valence-corrected chi connectivity index (χ2v) is 6.44. The van der Waals surface area contributed by atoms with Crippen LogP contribution in [-0.4, -0.2) is 26.5 Å². The maximum Gasteiger partial charge on any atom is 0.113 e. The van der Waals surface area contributed by atoms with Crippen molar-refractivity contribution >= 4 is 22.4 Å². The second-order valence-electron chi connectivity index (χ2n) is 5.49. The number of rotatable bonds is 6. The monoisotopic (exact) mass is 301 g/mol. The number of hydrogen-bond acceptors (Lipinski definition) is 5. The molecule has 3 rings (SSSR count). The summed E-state index contributed by atoms with van der Waals surface area (Å²) >= 11 is 1.69. The Morgan fingerprint density at radius 2 is 2.14 bits per heavy atom. The lowest BCUT2D eigenvalue weighted by Crippen LogP contribution is -2.18. The fourth-order valence-corrected chi connectivity index (χ4v) is 2.91. The van der Waals surface area contributed by atoms with E-state index in [1.165, 1.54) is 0 Å². The third kappa shape index (κ3) is 3.46. The average Bonchev–Trinajstić information content (AvgIpc) is 3.07. The van der Waals surface area contributed by atoms with E-state index in [2.05, 4.69) is 39.8 Å². The minimum atomic E-state index is 0.658. The van der Waals surface area contributed by atoms with Crippen LogP contribution in [0.3, 0.4) is 0 Å². The van der Waals surface area contributed by atoms with Crippen molar-refractivity contribution in [3.63, 3.8) is 0 Å². The molecule has 0 aliphatic carbocycles. The largest absolute Gasteiger partial charge is 0.310 e. The fraction of sp³-hybridized carbons (Fsp3) is 0.400. The first-order valence-corrected chi connectivity index (χ1v) is 8.02. The van der Waals surface area contributed by atoms with Crippen molar-refractivity contribution in [2.45, 2.75) is 26.9 Å². The summed E-state index contributed by atoms with van der Waals surface area (Å²) in [7, 11) is 0. The highest BCUT2D eigenvalue weighted by Crippen LogP contribution is 2.14. The lowest BCUT2D eigenvalue weighted by atomic mass is 10.2. The molecule has 0 spiro atoms. The number of thiazole rings is 1. The number of aromatic nitrogens is 4. The molecule has 2 aromatic heterocycles. The van der Waals surface area contributed by atoms with Crippen molar-refractivity contribution < 1.29 is 0 Å². The highest BCUT2D eigenvalue weighted by molar-refractivity contribution is 7.09. The molecular formula is C15H19N5S. The maximum atomic E-state index is 4.66. The molecular weight excluding hydrogens is 282 g/mol. The molecule has 1 aromatic carbocycles. The molecule has 21 heavy (non-hydrogen) atoms. The van der Waals surface area contributed by atoms with Gasteiger partial charge in [0.25, 0.3) is 0 Å². The standard InChI is InChI=1S/C15H19N5S/c1-11(2)7-16-8-15-17-12(10-21-15)9-20-14-6-4-3-5-13(14)18-19-20/h3-6,10-11,16H,7-9H2,1-2H3. The van der Waals surface area contributed by atoms with Crippen molar-refractivity contribution in [2.24, 2.45) is 5.92 Å². The van der Waals surface area contributed by atoms with E-state index in [1.54, 1.807) is 11.3 Å². The van der Waals surface area contributed by atoms with Crippen molar-refractivity contribution in [1.82, 2.24) is 25.3 Å². The maximum absolute atomic E-state index is 4.66. The second kappa shape index (κ2) is 6.32. The summed E-state index contributed by atoms with van der Waals surface area (Å²) in [6.45, 7) is 6.93. The third-order valence-electron chi connectivity index (χ3n) is 3.16. The summed E-state index contributed by atoms with van der Waals surface area (Å²) in [5, 5.41) is 15.0. The van der Waals surface area contributed by atoms with Crippen molar-refractivity contribution in [3.8, 4) is 0 Å². The normalized spacial score (nSPS) is 11.6. The minimum Gasteiger partial charge on any atom is -0.310 e. The Bertz CT molecular complexity index is 716. The summed E-state index contributed by atoms with van der Waals surface area (Å²) < 4.78 is 1.90. The summed E-state index contributed by atoms with van der Waals surface area (Å²) in [5.74, 6) is 0.658. The lowest BCUT2D eigenvalue weighted by molar-refractivity contribution is 0.550. The first-order chi connectivity index (χ1) is 10.2. The van der Waals surface area contributed by atoms with Gasteiger partial charge in [-0.3, -0.25) is 0 Å². The number of benzene rings is 1. The molecule has 0 radical (unpaired) electrons. The summed E-state index contributed by atoms with van der Waals surface area (Å²) in [5.41, 5.74) is 3.01. The first kappa shape index (κ1) is 14.2. The van der Waals surface area contributed by atoms with Crippen molar-refractivity contribution in [3.05, 3.63) is 40.3 Å². The van der Waals surface area contributed by atoms with E-state index in [0.717, 1.165) is 34.8 Å². The quantitative estimate of drug-likeness (QED) is 0.760. The molecule has 0 aliphatic rings. The Balaban J connectivity index is 1.67. The molecule has 0 fully saturated rings. The predicted octanol–water partition coefficient (Wildman–Crippen LogP) is 2.68. The molecule has 110 valence electrons. The molecule has 0 bridgehead atoms. The summed E-state index contributed by atoms with van der Waals surface area (Å²) in [6.07, 6.45) is 0. The van der Waals surface area contributed by atoms with Crippen LogP contribution in [-0.2, 0) is 13.1 Å². The highest BCUT2D eigenvalue weighted by atomic mass is 32.1. The van der Waals surface area contributed by atoms with Crippen molar-refractivity contribution in [2.75, 3.05) is 6.54 Å². The molecule has 5 nitrogen and oxygen atoms in total. The third-order valence-corrected chi connectivity index (χ3v) is 4.06. The van der Waals surface area contributed by atoms with Gasteiger partial charge in [-0.25, -0.2) is 9.67 Å². The molecule has 0 unspecified atom stereocenters. The van der Waals surface area contributed by atoms with Crippen LogP contribution in [0.2, 0.25) is 0 Å². The molecule has 0 amide bonds. The van der Waals surface area contributed by atoms with Gasteiger partial charge in [0.1, 0.15) is 10.5 Å². The zero-order valence-electron chi connectivity index (χ0n) is 12.3. The van der Waals surface area contributed by atoms with Gasteiger partial charge in [-0.2, -0.15) is 0 Å². The van der Waals surface area contributed by atoms with E-state index in [1.807, 2.05) is 28.9 Å². The van der Waals surface area contributed by atoms with Crippen LogP contribution in [0.1, 0.15) is 24.5 Å². The van der Waals surface area contributed by atoms with Gasteiger partial charge in [0.2, 0.25) is 0 Å². The average molecular weight is 301 g/mol. The Labute approximate surface area is 128 Å². The molecule has 0 aliphatic heterocycles. The van der Waals surface area contributed by atoms with Crippen molar-refractivity contribution in [1.29, 1.82) is 0 Å². The Morgan fingerprint density at radius 1 is 1.29 bits per heavy atom. The van der Waals surface area contributed by atoms with E-state index in [9.17, 15) is 0 Å². The van der Waals surface area contributed by atoms with E-state index < -0.39 is 0 Å². The molecule has 0 saturated heterocycles. The van der Waals surface area contributed by atoms with Crippen LogP contribution in [0.5, 0.6) is 0 Å². The number of hydrogen-bond donors (Lipinski definition) is 1. The van der Waals surface area contributed by atoms with Gasteiger partial charge in [0.05, 0.1) is 17.8 Å². The highest BCUT2D eigenvalue weighted by Gasteiger charge is 2.07. The molecule has 2 heterocycles. The van der Waals surface area contributed by atoms with Gasteiger partial charge in [0.15, 0.2) is 0 Å². The van der Waals surface area contributed by atoms with E-state index in [4.69, 9.17) is 0 Å². The Hall–Kier alpha value is -1.79. The van der Waals surface area contributed by atoms with Crippen LogP contribution in [0.25, 0.3) is 11.0 Å².